The number of carbonyl (C=O) groups excluding carboxylic acids is 1. The summed E-state index contributed by atoms with van der Waals surface area (Å²) >= 11 is 0. The molecule has 0 spiro atoms. The minimum atomic E-state index is -1.06. The lowest BCUT2D eigenvalue weighted by Gasteiger charge is -2.05. The predicted octanol–water partition coefficient (Wildman–Crippen LogP) is 0.439. The van der Waals surface area contributed by atoms with Crippen LogP contribution in [0.2, 0.25) is 0 Å². The molecule has 0 bridgehead atoms. The van der Waals surface area contributed by atoms with Gasteiger partial charge in [0.2, 0.25) is 0 Å². The average Bonchev–Trinajstić information content (AvgIpc) is 2.18. The van der Waals surface area contributed by atoms with E-state index in [0.717, 1.165) is 0 Å². The van der Waals surface area contributed by atoms with E-state index >= 15 is 0 Å². The highest BCUT2D eigenvalue weighted by molar-refractivity contribution is 5.92. The van der Waals surface area contributed by atoms with Gasteiger partial charge in [-0.25, -0.2) is 9.97 Å². The van der Waals surface area contributed by atoms with Gasteiger partial charge in [0.1, 0.15) is 18.2 Å². The first-order valence-corrected chi connectivity index (χ1v) is 4.07. The lowest BCUT2D eigenvalue weighted by Crippen LogP contribution is -2.25. The first kappa shape index (κ1) is 10.3. The first-order valence-electron chi connectivity index (χ1n) is 4.07. The average molecular weight is 193 g/mol. The first-order chi connectivity index (χ1) is 6.63. The van der Waals surface area contributed by atoms with E-state index in [1.807, 2.05) is 0 Å². The summed E-state index contributed by atoms with van der Waals surface area (Å²) in [5.41, 5.74) is 0.612. The second-order valence-corrected chi connectivity index (χ2v) is 2.70. The number of anilines is 1. The highest BCUT2D eigenvalue weighted by atomic mass is 16.3. The Hall–Kier alpha value is -1.75. The number of nitrogens with one attached hydrogen (secondary N) is 1. The van der Waals surface area contributed by atoms with E-state index in [1.54, 1.807) is 12.1 Å². The summed E-state index contributed by atoms with van der Waals surface area (Å²) < 4.78 is 0. The molecule has 0 fully saturated rings. The molecule has 1 atom stereocenters. The summed E-state index contributed by atoms with van der Waals surface area (Å²) in [6, 6.07) is 1.56. The van der Waals surface area contributed by atoms with Gasteiger partial charge in [0.15, 0.2) is 0 Å². The topological polar surface area (TPSA) is 75.1 Å². The molecule has 74 valence electrons. The second kappa shape index (κ2) is 4.48. The van der Waals surface area contributed by atoms with Crippen molar-refractivity contribution < 1.29 is 9.90 Å². The molecule has 0 aromatic carbocycles. The van der Waals surface area contributed by atoms with Crippen LogP contribution in [0.4, 0.5) is 5.82 Å². The Bertz CT molecular complexity index is 350. The summed E-state index contributed by atoms with van der Waals surface area (Å²) in [4.78, 5) is 18.7. The van der Waals surface area contributed by atoms with Crippen molar-refractivity contribution >= 4 is 17.8 Å². The van der Waals surface area contributed by atoms with Crippen molar-refractivity contribution in [2.75, 3.05) is 5.32 Å². The zero-order chi connectivity index (χ0) is 10.6. The summed E-state index contributed by atoms with van der Waals surface area (Å²) in [6.07, 6.45) is 1.80. The van der Waals surface area contributed by atoms with Gasteiger partial charge in [-0.3, -0.25) is 4.79 Å². The van der Waals surface area contributed by atoms with Crippen LogP contribution < -0.4 is 5.32 Å². The Morgan fingerprint density at radius 1 is 1.71 bits per heavy atom. The molecule has 1 amide bonds. The van der Waals surface area contributed by atoms with Gasteiger partial charge in [-0.1, -0.05) is 6.58 Å². The van der Waals surface area contributed by atoms with Crippen LogP contribution in [-0.2, 0) is 4.79 Å². The number of aliphatic hydroxyl groups is 1. The Kier molecular flexibility index (Phi) is 3.30. The predicted molar refractivity (Wildman–Crippen MR) is 52.4 cm³/mol. The van der Waals surface area contributed by atoms with Crippen molar-refractivity contribution in [3.63, 3.8) is 0 Å². The van der Waals surface area contributed by atoms with Crippen LogP contribution in [0, 0.1) is 0 Å². The number of carbonyl (C=O) groups is 1. The van der Waals surface area contributed by atoms with Gasteiger partial charge >= 0.3 is 0 Å². The highest BCUT2D eigenvalue weighted by Gasteiger charge is 2.09. The Morgan fingerprint density at radius 2 is 2.43 bits per heavy atom. The lowest BCUT2D eigenvalue weighted by atomic mass is 10.3. The van der Waals surface area contributed by atoms with Gasteiger partial charge < -0.3 is 10.4 Å². The largest absolute Gasteiger partial charge is 0.384 e. The maximum atomic E-state index is 11.1. The van der Waals surface area contributed by atoms with E-state index in [9.17, 15) is 4.79 Å². The van der Waals surface area contributed by atoms with Gasteiger partial charge in [-0.2, -0.15) is 0 Å². The Balaban J connectivity index is 2.76. The fourth-order valence-electron chi connectivity index (χ4n) is 0.783. The monoisotopic (exact) mass is 193 g/mol. The summed E-state index contributed by atoms with van der Waals surface area (Å²) in [6.45, 7) is 4.91. The van der Waals surface area contributed by atoms with Gasteiger partial charge in [-0.05, 0) is 13.0 Å². The maximum Gasteiger partial charge on any atom is 0.254 e. The fourth-order valence-corrected chi connectivity index (χ4v) is 0.783. The van der Waals surface area contributed by atoms with E-state index < -0.39 is 12.0 Å². The van der Waals surface area contributed by atoms with Crippen LogP contribution in [-0.4, -0.2) is 27.1 Å². The Labute approximate surface area is 81.5 Å². The molecule has 5 nitrogen and oxygen atoms in total. The lowest BCUT2D eigenvalue weighted by molar-refractivity contribution is -0.123. The quantitative estimate of drug-likeness (QED) is 0.730. The van der Waals surface area contributed by atoms with Crippen LogP contribution in [0.3, 0.4) is 0 Å². The standard InChI is InChI=1S/C9H11N3O2/c1-3-7-4-8(11-5-10-7)12-9(14)6(2)13/h3-6,13H,1H2,2H3,(H,10,11,12,14). The molecule has 14 heavy (non-hydrogen) atoms. The zero-order valence-corrected chi connectivity index (χ0v) is 7.77. The number of aromatic nitrogens is 2. The molecular weight excluding hydrogens is 182 g/mol. The normalized spacial score (nSPS) is 11.9. The smallest absolute Gasteiger partial charge is 0.254 e. The molecule has 0 radical (unpaired) electrons. The SMILES string of the molecule is C=Cc1cc(NC(=O)C(C)O)ncn1. The van der Waals surface area contributed by atoms with E-state index in [-0.39, 0.29) is 0 Å². The van der Waals surface area contributed by atoms with Crippen molar-refractivity contribution in [2.45, 2.75) is 13.0 Å². The van der Waals surface area contributed by atoms with Crippen LogP contribution in [0.15, 0.2) is 19.0 Å². The summed E-state index contributed by atoms with van der Waals surface area (Å²) in [7, 11) is 0. The van der Waals surface area contributed by atoms with Crippen molar-refractivity contribution in [3.8, 4) is 0 Å². The minimum Gasteiger partial charge on any atom is -0.384 e. The highest BCUT2D eigenvalue weighted by Crippen LogP contribution is 2.04. The summed E-state index contributed by atoms with van der Waals surface area (Å²) in [5.74, 6) is -0.153. The number of hydrogen-bond acceptors (Lipinski definition) is 4. The molecule has 1 aromatic heterocycles. The molecule has 1 rings (SSSR count). The van der Waals surface area contributed by atoms with Crippen LogP contribution >= 0.6 is 0 Å². The number of aliphatic hydroxyl groups excluding tert-OH is 1. The molecule has 0 saturated carbocycles. The van der Waals surface area contributed by atoms with Crippen LogP contribution in [0.1, 0.15) is 12.6 Å². The molecule has 0 aliphatic carbocycles. The van der Waals surface area contributed by atoms with Crippen molar-refractivity contribution in [1.82, 2.24) is 9.97 Å². The van der Waals surface area contributed by atoms with E-state index in [4.69, 9.17) is 5.11 Å². The van der Waals surface area contributed by atoms with Gasteiger partial charge in [0.05, 0.1) is 5.69 Å². The summed E-state index contributed by atoms with van der Waals surface area (Å²) in [5, 5.41) is 11.4. The minimum absolute atomic E-state index is 0.348. The molecule has 0 aliphatic rings. The molecule has 1 unspecified atom stereocenters. The third-order valence-electron chi connectivity index (χ3n) is 1.53. The van der Waals surface area contributed by atoms with Crippen molar-refractivity contribution in [3.05, 3.63) is 24.7 Å². The molecule has 0 aliphatic heterocycles. The number of nitrogens with zero attached hydrogens (tertiary/aromatic N) is 2. The number of amides is 1. The van der Waals surface area contributed by atoms with Crippen LogP contribution in [0.25, 0.3) is 6.08 Å². The molecular formula is C9H11N3O2. The Morgan fingerprint density at radius 3 is 3.00 bits per heavy atom. The second-order valence-electron chi connectivity index (χ2n) is 2.70. The van der Waals surface area contributed by atoms with Gasteiger partial charge in [0, 0.05) is 6.07 Å². The number of rotatable bonds is 3. The van der Waals surface area contributed by atoms with E-state index in [0.29, 0.717) is 11.5 Å². The molecule has 1 heterocycles. The van der Waals surface area contributed by atoms with E-state index in [2.05, 4.69) is 21.9 Å². The zero-order valence-electron chi connectivity index (χ0n) is 7.77. The molecule has 0 saturated heterocycles. The van der Waals surface area contributed by atoms with Crippen LogP contribution in [0.5, 0.6) is 0 Å². The molecule has 2 N–H and O–H groups in total. The van der Waals surface area contributed by atoms with E-state index in [1.165, 1.54) is 13.3 Å². The van der Waals surface area contributed by atoms with Gasteiger partial charge in [-0.15, -0.1) is 0 Å². The third kappa shape index (κ3) is 2.63. The van der Waals surface area contributed by atoms with Crippen molar-refractivity contribution in [2.24, 2.45) is 0 Å². The molecule has 5 heteroatoms. The maximum absolute atomic E-state index is 11.1. The van der Waals surface area contributed by atoms with Crippen molar-refractivity contribution in [1.29, 1.82) is 0 Å². The van der Waals surface area contributed by atoms with Gasteiger partial charge in [0.25, 0.3) is 5.91 Å². The third-order valence-corrected chi connectivity index (χ3v) is 1.53. The fraction of sp³-hybridized carbons (Fsp3) is 0.222. The molecule has 1 aromatic rings. The number of hydrogen-bond donors (Lipinski definition) is 2.